The van der Waals surface area contributed by atoms with Crippen molar-refractivity contribution in [2.45, 2.75) is 26.8 Å². The van der Waals surface area contributed by atoms with E-state index in [1.165, 1.54) is 5.56 Å². The second kappa shape index (κ2) is 4.62. The van der Waals surface area contributed by atoms with Crippen LogP contribution >= 0.6 is 0 Å². The third-order valence-corrected chi connectivity index (χ3v) is 2.67. The van der Waals surface area contributed by atoms with Gasteiger partial charge in [-0.05, 0) is 33.9 Å². The second-order valence-electron chi connectivity index (χ2n) is 3.81. The van der Waals surface area contributed by atoms with Crippen molar-refractivity contribution in [1.82, 2.24) is 4.90 Å². The quantitative estimate of drug-likeness (QED) is 0.799. The summed E-state index contributed by atoms with van der Waals surface area (Å²) in [5.41, 5.74) is 6.79. The lowest BCUT2D eigenvalue weighted by atomic mass is 10.1. The zero-order valence-corrected chi connectivity index (χ0v) is 9.50. The summed E-state index contributed by atoms with van der Waals surface area (Å²) in [5.74, 6) is 1.99. The van der Waals surface area contributed by atoms with Crippen LogP contribution in [0.5, 0.6) is 0 Å². The van der Waals surface area contributed by atoms with E-state index in [1.807, 2.05) is 13.8 Å². The Morgan fingerprint density at radius 1 is 1.50 bits per heavy atom. The minimum atomic E-state index is 0.371. The number of aryl methyl sites for hydroxylation is 2. The van der Waals surface area contributed by atoms with Crippen molar-refractivity contribution >= 4 is 0 Å². The predicted octanol–water partition coefficient (Wildman–Crippen LogP) is 1.85. The van der Waals surface area contributed by atoms with Crippen LogP contribution < -0.4 is 5.73 Å². The molecule has 1 rings (SSSR count). The third-order valence-electron chi connectivity index (χ3n) is 2.67. The number of hydrogen-bond acceptors (Lipinski definition) is 3. The molecule has 1 unspecified atom stereocenters. The van der Waals surface area contributed by atoms with Crippen LogP contribution in [0, 0.1) is 13.8 Å². The maximum atomic E-state index is 5.52. The number of nitrogens with two attached hydrogens (primary N) is 1. The van der Waals surface area contributed by atoms with Crippen LogP contribution in [0.4, 0.5) is 0 Å². The average molecular weight is 196 g/mol. The van der Waals surface area contributed by atoms with Gasteiger partial charge in [0.15, 0.2) is 0 Å². The van der Waals surface area contributed by atoms with Crippen LogP contribution in [0.15, 0.2) is 10.5 Å². The van der Waals surface area contributed by atoms with Gasteiger partial charge in [-0.1, -0.05) is 0 Å². The van der Waals surface area contributed by atoms with Crippen LogP contribution in [-0.4, -0.2) is 25.0 Å². The average Bonchev–Trinajstić information content (AvgIpc) is 2.44. The molecule has 0 bridgehead atoms. The molecule has 3 heteroatoms. The van der Waals surface area contributed by atoms with Crippen molar-refractivity contribution in [3.05, 3.63) is 23.2 Å². The molecule has 0 fully saturated rings. The summed E-state index contributed by atoms with van der Waals surface area (Å²) >= 11 is 0. The first kappa shape index (κ1) is 11.3. The molecule has 0 saturated heterocycles. The normalized spacial score (nSPS) is 13.6. The summed E-state index contributed by atoms with van der Waals surface area (Å²) in [5, 5.41) is 0. The van der Waals surface area contributed by atoms with E-state index in [2.05, 4.69) is 24.9 Å². The SMILES string of the molecule is Cc1cc(C(C)N(C)CCN)c(C)o1. The molecule has 1 aromatic rings. The molecular weight excluding hydrogens is 176 g/mol. The molecule has 0 aliphatic rings. The number of likely N-dealkylation sites (N-methyl/N-ethyl adjacent to an activating group) is 1. The summed E-state index contributed by atoms with van der Waals surface area (Å²) in [4.78, 5) is 2.23. The van der Waals surface area contributed by atoms with Gasteiger partial charge < -0.3 is 10.2 Å². The van der Waals surface area contributed by atoms with Gasteiger partial charge in [-0.2, -0.15) is 0 Å². The topological polar surface area (TPSA) is 42.4 Å². The van der Waals surface area contributed by atoms with Gasteiger partial charge in [0.2, 0.25) is 0 Å². The van der Waals surface area contributed by atoms with Gasteiger partial charge in [-0.15, -0.1) is 0 Å². The van der Waals surface area contributed by atoms with E-state index >= 15 is 0 Å². The molecule has 0 aliphatic heterocycles. The first-order chi connectivity index (χ1) is 6.56. The summed E-state index contributed by atoms with van der Waals surface area (Å²) in [7, 11) is 2.08. The Morgan fingerprint density at radius 3 is 2.57 bits per heavy atom. The van der Waals surface area contributed by atoms with Crippen molar-refractivity contribution in [3.63, 3.8) is 0 Å². The lowest BCUT2D eigenvalue weighted by molar-refractivity contribution is 0.266. The summed E-state index contributed by atoms with van der Waals surface area (Å²) < 4.78 is 5.51. The highest BCUT2D eigenvalue weighted by atomic mass is 16.3. The minimum Gasteiger partial charge on any atom is -0.466 e. The highest BCUT2D eigenvalue weighted by Crippen LogP contribution is 2.24. The maximum Gasteiger partial charge on any atom is 0.105 e. The fourth-order valence-corrected chi connectivity index (χ4v) is 1.70. The molecule has 1 atom stereocenters. The van der Waals surface area contributed by atoms with Crippen molar-refractivity contribution in [3.8, 4) is 0 Å². The lowest BCUT2D eigenvalue weighted by Crippen LogP contribution is -2.28. The van der Waals surface area contributed by atoms with E-state index in [4.69, 9.17) is 10.2 Å². The van der Waals surface area contributed by atoms with Crippen LogP contribution in [0.2, 0.25) is 0 Å². The van der Waals surface area contributed by atoms with Crippen molar-refractivity contribution in [1.29, 1.82) is 0 Å². The first-order valence-corrected chi connectivity index (χ1v) is 5.03. The Hall–Kier alpha value is -0.800. The fourth-order valence-electron chi connectivity index (χ4n) is 1.70. The third kappa shape index (κ3) is 2.36. The minimum absolute atomic E-state index is 0.371. The van der Waals surface area contributed by atoms with E-state index in [-0.39, 0.29) is 0 Å². The van der Waals surface area contributed by atoms with Crippen molar-refractivity contribution in [2.24, 2.45) is 5.73 Å². The molecule has 0 saturated carbocycles. The Balaban J connectivity index is 2.77. The zero-order valence-electron chi connectivity index (χ0n) is 9.50. The summed E-state index contributed by atoms with van der Waals surface area (Å²) in [6.07, 6.45) is 0. The Kier molecular flexibility index (Phi) is 3.72. The van der Waals surface area contributed by atoms with E-state index in [9.17, 15) is 0 Å². The summed E-state index contributed by atoms with van der Waals surface area (Å²) in [6, 6.07) is 2.48. The standard InChI is InChI=1S/C11H20N2O/c1-8-7-11(10(3)14-8)9(2)13(4)6-5-12/h7,9H,5-6,12H2,1-4H3. The second-order valence-corrected chi connectivity index (χ2v) is 3.81. The molecule has 0 aromatic carbocycles. The zero-order chi connectivity index (χ0) is 10.7. The van der Waals surface area contributed by atoms with Gasteiger partial charge in [-0.25, -0.2) is 0 Å². The van der Waals surface area contributed by atoms with E-state index in [1.54, 1.807) is 0 Å². The maximum absolute atomic E-state index is 5.52. The van der Waals surface area contributed by atoms with Gasteiger partial charge in [0.1, 0.15) is 11.5 Å². The molecule has 0 amide bonds. The van der Waals surface area contributed by atoms with E-state index in [0.717, 1.165) is 18.1 Å². The van der Waals surface area contributed by atoms with E-state index < -0.39 is 0 Å². The van der Waals surface area contributed by atoms with Gasteiger partial charge in [-0.3, -0.25) is 4.90 Å². The molecular formula is C11H20N2O. The summed E-state index contributed by atoms with van der Waals surface area (Å²) in [6.45, 7) is 7.76. The van der Waals surface area contributed by atoms with Crippen LogP contribution in [-0.2, 0) is 0 Å². The molecule has 0 radical (unpaired) electrons. The Labute approximate surface area is 85.9 Å². The highest BCUT2D eigenvalue weighted by Gasteiger charge is 2.15. The smallest absolute Gasteiger partial charge is 0.105 e. The van der Waals surface area contributed by atoms with Gasteiger partial charge >= 0.3 is 0 Å². The molecule has 1 aromatic heterocycles. The molecule has 2 N–H and O–H groups in total. The molecule has 1 heterocycles. The van der Waals surface area contributed by atoms with Gasteiger partial charge in [0.25, 0.3) is 0 Å². The fraction of sp³-hybridized carbons (Fsp3) is 0.636. The lowest BCUT2D eigenvalue weighted by Gasteiger charge is -2.23. The number of rotatable bonds is 4. The molecule has 14 heavy (non-hydrogen) atoms. The number of hydrogen-bond donors (Lipinski definition) is 1. The van der Waals surface area contributed by atoms with Crippen molar-refractivity contribution in [2.75, 3.05) is 20.1 Å². The number of nitrogens with zero attached hydrogens (tertiary/aromatic N) is 1. The van der Waals surface area contributed by atoms with E-state index in [0.29, 0.717) is 12.6 Å². The predicted molar refractivity (Wildman–Crippen MR) is 58.3 cm³/mol. The van der Waals surface area contributed by atoms with Gasteiger partial charge in [0.05, 0.1) is 0 Å². The Morgan fingerprint density at radius 2 is 2.14 bits per heavy atom. The molecule has 0 aliphatic carbocycles. The molecule has 0 spiro atoms. The van der Waals surface area contributed by atoms with Crippen molar-refractivity contribution < 1.29 is 4.42 Å². The monoisotopic (exact) mass is 196 g/mol. The largest absolute Gasteiger partial charge is 0.466 e. The van der Waals surface area contributed by atoms with Crippen LogP contribution in [0.25, 0.3) is 0 Å². The Bertz CT molecular complexity index is 293. The molecule has 80 valence electrons. The van der Waals surface area contributed by atoms with Crippen LogP contribution in [0.1, 0.15) is 30.0 Å². The highest BCUT2D eigenvalue weighted by molar-refractivity contribution is 5.23. The molecule has 3 nitrogen and oxygen atoms in total. The first-order valence-electron chi connectivity index (χ1n) is 5.03. The van der Waals surface area contributed by atoms with Crippen LogP contribution in [0.3, 0.4) is 0 Å². The number of furan rings is 1. The van der Waals surface area contributed by atoms with Gasteiger partial charge in [0, 0.05) is 24.7 Å².